The minimum absolute atomic E-state index is 0.0184. The molecule has 1 saturated heterocycles. The van der Waals surface area contributed by atoms with Gasteiger partial charge >= 0.3 is 0 Å². The van der Waals surface area contributed by atoms with Crippen LogP contribution in [0.3, 0.4) is 0 Å². The van der Waals surface area contributed by atoms with Gasteiger partial charge in [-0.25, -0.2) is 15.2 Å². The number of carbonyl (C=O) groups excluding carboxylic acids is 1. The van der Waals surface area contributed by atoms with Crippen molar-refractivity contribution in [1.29, 1.82) is 0 Å². The van der Waals surface area contributed by atoms with Crippen molar-refractivity contribution in [2.45, 2.75) is 6.42 Å². The molecule has 2 rings (SSSR count). The van der Waals surface area contributed by atoms with E-state index in [0.717, 1.165) is 17.9 Å². The highest BCUT2D eigenvalue weighted by molar-refractivity contribution is 7.99. The number of hydrogen-bond acceptors (Lipinski definition) is 5. The van der Waals surface area contributed by atoms with Crippen molar-refractivity contribution in [3.05, 3.63) is 23.6 Å². The molecular weight excluding hydrogens is 255 g/mol. The van der Waals surface area contributed by atoms with Gasteiger partial charge in [-0.2, -0.15) is 11.8 Å². The molecule has 0 atom stereocenters. The first kappa shape index (κ1) is 13.1. The van der Waals surface area contributed by atoms with Gasteiger partial charge in [0.05, 0.1) is 5.56 Å². The van der Waals surface area contributed by atoms with Crippen molar-refractivity contribution in [1.82, 2.24) is 9.88 Å². The maximum atomic E-state index is 13.9. The number of halogens is 1. The second kappa shape index (κ2) is 6.01. The minimum Gasteiger partial charge on any atom is -0.338 e. The third kappa shape index (κ3) is 2.73. The van der Waals surface area contributed by atoms with Crippen LogP contribution in [0.2, 0.25) is 0 Å². The first-order chi connectivity index (χ1) is 8.74. The highest BCUT2D eigenvalue weighted by Gasteiger charge is 2.22. The molecule has 0 aromatic carbocycles. The van der Waals surface area contributed by atoms with Crippen molar-refractivity contribution in [2.75, 3.05) is 30.0 Å². The van der Waals surface area contributed by atoms with Crippen LogP contribution in [0, 0.1) is 5.82 Å². The molecule has 0 spiro atoms. The van der Waals surface area contributed by atoms with E-state index in [1.54, 1.807) is 4.90 Å². The molecule has 0 unspecified atom stereocenters. The summed E-state index contributed by atoms with van der Waals surface area (Å²) in [5.74, 6) is 5.98. The van der Waals surface area contributed by atoms with Crippen LogP contribution in [0.25, 0.3) is 0 Å². The second-order valence-electron chi connectivity index (χ2n) is 3.92. The summed E-state index contributed by atoms with van der Waals surface area (Å²) in [7, 11) is 0. The Bertz CT molecular complexity index is 435. The van der Waals surface area contributed by atoms with Crippen LogP contribution in [0.5, 0.6) is 0 Å². The predicted molar refractivity (Wildman–Crippen MR) is 69.9 cm³/mol. The fourth-order valence-electron chi connectivity index (χ4n) is 1.83. The zero-order valence-electron chi connectivity index (χ0n) is 9.86. The number of nitrogens with one attached hydrogen (secondary N) is 1. The largest absolute Gasteiger partial charge is 0.338 e. The van der Waals surface area contributed by atoms with E-state index >= 15 is 0 Å². The maximum absolute atomic E-state index is 13.9. The average Bonchev–Trinajstić information content (AvgIpc) is 2.67. The van der Waals surface area contributed by atoms with Crippen molar-refractivity contribution < 1.29 is 9.18 Å². The first-order valence-corrected chi connectivity index (χ1v) is 6.87. The highest BCUT2D eigenvalue weighted by Crippen LogP contribution is 2.18. The van der Waals surface area contributed by atoms with Crippen molar-refractivity contribution in [3.63, 3.8) is 0 Å². The number of nitrogens with two attached hydrogens (primary N) is 1. The van der Waals surface area contributed by atoms with E-state index in [-0.39, 0.29) is 17.3 Å². The summed E-state index contributed by atoms with van der Waals surface area (Å²) in [4.78, 5) is 17.6. The van der Waals surface area contributed by atoms with Gasteiger partial charge in [0.25, 0.3) is 5.91 Å². The predicted octanol–water partition coefficient (Wildman–Crippen LogP) is 1.09. The number of nitrogens with zero attached hydrogens (tertiary/aromatic N) is 2. The lowest BCUT2D eigenvalue weighted by atomic mass is 10.2. The molecule has 2 heterocycles. The number of aromatic nitrogens is 1. The number of pyridine rings is 1. The molecule has 1 amide bonds. The third-order valence-electron chi connectivity index (χ3n) is 2.77. The molecule has 0 aliphatic carbocycles. The van der Waals surface area contributed by atoms with Gasteiger partial charge in [0, 0.05) is 25.0 Å². The van der Waals surface area contributed by atoms with Crippen LogP contribution in [0.1, 0.15) is 16.8 Å². The molecule has 1 aromatic rings. The summed E-state index contributed by atoms with van der Waals surface area (Å²) in [6.07, 6.45) is 2.31. The fourth-order valence-corrected chi connectivity index (χ4v) is 2.72. The van der Waals surface area contributed by atoms with Crippen LogP contribution in [-0.2, 0) is 0 Å². The number of thioether (sulfide) groups is 1. The van der Waals surface area contributed by atoms with E-state index in [2.05, 4.69) is 10.4 Å². The summed E-state index contributed by atoms with van der Waals surface area (Å²) >= 11 is 1.81. The van der Waals surface area contributed by atoms with Crippen molar-refractivity contribution >= 4 is 23.5 Å². The molecule has 1 aromatic heterocycles. The molecule has 98 valence electrons. The third-order valence-corrected chi connectivity index (χ3v) is 3.81. The van der Waals surface area contributed by atoms with E-state index < -0.39 is 5.82 Å². The number of nitrogen functional groups attached to an aromatic ring is 1. The van der Waals surface area contributed by atoms with Crippen molar-refractivity contribution in [3.8, 4) is 0 Å². The van der Waals surface area contributed by atoms with Crippen LogP contribution in [-0.4, -0.2) is 40.4 Å². The Morgan fingerprint density at radius 3 is 3.11 bits per heavy atom. The van der Waals surface area contributed by atoms with Crippen LogP contribution in [0.4, 0.5) is 10.2 Å². The molecular formula is C11H15FN4OS. The quantitative estimate of drug-likeness (QED) is 0.621. The summed E-state index contributed by atoms with van der Waals surface area (Å²) in [5, 5.41) is 0. The van der Waals surface area contributed by atoms with Gasteiger partial charge in [-0.05, 0) is 18.2 Å². The Labute approximate surface area is 109 Å². The number of carbonyl (C=O) groups is 1. The number of anilines is 1. The molecule has 1 aliphatic rings. The molecule has 7 heteroatoms. The van der Waals surface area contributed by atoms with Gasteiger partial charge < -0.3 is 10.3 Å². The molecule has 18 heavy (non-hydrogen) atoms. The number of hydrogen-bond donors (Lipinski definition) is 2. The van der Waals surface area contributed by atoms with E-state index in [9.17, 15) is 9.18 Å². The molecule has 3 N–H and O–H groups in total. The molecule has 0 saturated carbocycles. The highest BCUT2D eigenvalue weighted by atomic mass is 32.2. The lowest BCUT2D eigenvalue weighted by molar-refractivity contribution is 0.0764. The molecule has 0 bridgehead atoms. The van der Waals surface area contributed by atoms with E-state index in [1.807, 2.05) is 11.8 Å². The lowest BCUT2D eigenvalue weighted by Gasteiger charge is -2.20. The van der Waals surface area contributed by atoms with Crippen LogP contribution in [0.15, 0.2) is 12.3 Å². The Morgan fingerprint density at radius 2 is 2.33 bits per heavy atom. The molecule has 1 fully saturated rings. The van der Waals surface area contributed by atoms with Gasteiger partial charge in [-0.15, -0.1) is 0 Å². The van der Waals surface area contributed by atoms with Crippen LogP contribution < -0.4 is 11.3 Å². The number of rotatable bonds is 2. The fraction of sp³-hybridized carbons (Fsp3) is 0.455. The Hall–Kier alpha value is -1.34. The van der Waals surface area contributed by atoms with E-state index in [4.69, 9.17) is 5.84 Å². The SMILES string of the molecule is NNc1nccc(C(=O)N2CCCSCC2)c1F. The first-order valence-electron chi connectivity index (χ1n) is 5.72. The summed E-state index contributed by atoms with van der Waals surface area (Å²) in [6, 6.07) is 1.39. The number of hydrazine groups is 1. The van der Waals surface area contributed by atoms with Gasteiger partial charge in [-0.3, -0.25) is 4.79 Å². The second-order valence-corrected chi connectivity index (χ2v) is 5.15. The van der Waals surface area contributed by atoms with Gasteiger partial charge in [-0.1, -0.05) is 0 Å². The van der Waals surface area contributed by atoms with E-state index in [0.29, 0.717) is 13.1 Å². The Morgan fingerprint density at radius 1 is 1.50 bits per heavy atom. The maximum Gasteiger partial charge on any atom is 0.257 e. The Kier molecular flexibility index (Phi) is 4.38. The minimum atomic E-state index is -0.693. The monoisotopic (exact) mass is 270 g/mol. The van der Waals surface area contributed by atoms with Gasteiger partial charge in [0.2, 0.25) is 0 Å². The normalized spacial score (nSPS) is 16.2. The summed E-state index contributed by atoms with van der Waals surface area (Å²) in [5.41, 5.74) is 2.16. The molecule has 1 aliphatic heterocycles. The lowest BCUT2D eigenvalue weighted by Crippen LogP contribution is -2.33. The summed E-state index contributed by atoms with van der Waals surface area (Å²) in [6.45, 7) is 1.32. The zero-order valence-corrected chi connectivity index (χ0v) is 10.7. The molecule has 5 nitrogen and oxygen atoms in total. The standard InChI is InChI=1S/C11H15FN4OS/c12-9-8(2-3-14-10(9)15-13)11(17)16-4-1-6-18-7-5-16/h2-3H,1,4-7,13H2,(H,14,15). The van der Waals surface area contributed by atoms with E-state index in [1.165, 1.54) is 12.3 Å². The summed E-state index contributed by atoms with van der Waals surface area (Å²) < 4.78 is 13.9. The topological polar surface area (TPSA) is 71.2 Å². The molecule has 0 radical (unpaired) electrons. The Balaban J connectivity index is 2.22. The van der Waals surface area contributed by atoms with Gasteiger partial charge in [0.15, 0.2) is 11.6 Å². The average molecular weight is 270 g/mol. The zero-order chi connectivity index (χ0) is 13.0. The van der Waals surface area contributed by atoms with Crippen molar-refractivity contribution in [2.24, 2.45) is 5.84 Å². The van der Waals surface area contributed by atoms with Crippen LogP contribution >= 0.6 is 11.8 Å². The number of amides is 1. The smallest absolute Gasteiger partial charge is 0.257 e. The van der Waals surface area contributed by atoms with Gasteiger partial charge in [0.1, 0.15) is 0 Å².